The van der Waals surface area contributed by atoms with Gasteiger partial charge in [-0.1, -0.05) is 29.8 Å². The topological polar surface area (TPSA) is 71.7 Å². The first-order chi connectivity index (χ1) is 8.77. The zero-order valence-electron chi connectivity index (χ0n) is 10.4. The van der Waals surface area contributed by atoms with Crippen LogP contribution in [0.5, 0.6) is 0 Å². The summed E-state index contributed by atoms with van der Waals surface area (Å²) in [5.74, 6) is 5.93. The number of rotatable bonds is 6. The third-order valence-corrected chi connectivity index (χ3v) is 2.69. The highest BCUT2D eigenvalue weighted by Crippen LogP contribution is 2.15. The molecule has 5 nitrogen and oxygen atoms in total. The first kappa shape index (κ1) is 14.8. The molecule has 0 atom stereocenters. The summed E-state index contributed by atoms with van der Waals surface area (Å²) in [5.41, 5.74) is 3.49. The van der Waals surface area contributed by atoms with Gasteiger partial charge in [-0.25, -0.2) is 10.8 Å². The molecule has 0 aromatic heterocycles. The molecule has 100 valence electrons. The number of hydrogen-bond donors (Lipinski definition) is 3. The molecule has 0 heterocycles. The van der Waals surface area contributed by atoms with Crippen molar-refractivity contribution in [2.24, 2.45) is 10.8 Å². The van der Waals surface area contributed by atoms with E-state index in [-0.39, 0.29) is 0 Å². The lowest BCUT2D eigenvalue weighted by atomic mass is 10.2. The van der Waals surface area contributed by atoms with Gasteiger partial charge in [-0.2, -0.15) is 0 Å². The molecule has 0 amide bonds. The van der Waals surface area contributed by atoms with Crippen molar-refractivity contribution in [2.45, 2.75) is 13.0 Å². The lowest BCUT2D eigenvalue weighted by Crippen LogP contribution is -2.42. The van der Waals surface area contributed by atoms with Gasteiger partial charge in [-0.3, -0.25) is 5.43 Å². The monoisotopic (exact) mass is 270 g/mol. The second-order valence-corrected chi connectivity index (χ2v) is 4.08. The molecule has 18 heavy (non-hydrogen) atoms. The number of hydrazine groups is 1. The van der Waals surface area contributed by atoms with E-state index in [1.54, 1.807) is 7.11 Å². The Morgan fingerprint density at radius 3 is 2.89 bits per heavy atom. The van der Waals surface area contributed by atoms with Crippen LogP contribution in [0.3, 0.4) is 0 Å². The van der Waals surface area contributed by atoms with Gasteiger partial charge in [0.05, 0.1) is 6.54 Å². The van der Waals surface area contributed by atoms with Gasteiger partial charge >= 0.3 is 0 Å². The first-order valence-electron chi connectivity index (χ1n) is 5.75. The van der Waals surface area contributed by atoms with E-state index in [0.717, 1.165) is 18.5 Å². The lowest BCUT2D eigenvalue weighted by molar-refractivity contribution is 0.195. The van der Waals surface area contributed by atoms with E-state index in [1.165, 1.54) is 0 Å². The molecular formula is C12H19ClN4O. The van der Waals surface area contributed by atoms with Crippen molar-refractivity contribution in [3.8, 4) is 0 Å². The fourth-order valence-electron chi connectivity index (χ4n) is 1.37. The molecule has 1 aromatic rings. The number of nitrogens with zero attached hydrogens (tertiary/aromatic N) is 1. The maximum atomic E-state index is 6.04. The van der Waals surface area contributed by atoms with Gasteiger partial charge in [0.15, 0.2) is 0 Å². The number of ether oxygens (including phenoxy) is 1. The molecule has 0 aliphatic carbocycles. The summed E-state index contributed by atoms with van der Waals surface area (Å²) in [6, 6.07) is 7.60. The van der Waals surface area contributed by atoms with E-state index in [2.05, 4.69) is 15.7 Å². The summed E-state index contributed by atoms with van der Waals surface area (Å²) in [6.45, 7) is 1.94. The zero-order chi connectivity index (χ0) is 13.2. The number of nitrogens with one attached hydrogen (secondary N) is 2. The Labute approximate surface area is 112 Å². The van der Waals surface area contributed by atoms with E-state index in [1.807, 2.05) is 24.3 Å². The quantitative estimate of drug-likeness (QED) is 0.239. The minimum atomic E-state index is 0.483. The summed E-state index contributed by atoms with van der Waals surface area (Å²) < 4.78 is 4.95. The number of nitrogens with two attached hydrogens (primary N) is 1. The highest BCUT2D eigenvalue weighted by molar-refractivity contribution is 6.31. The Morgan fingerprint density at radius 2 is 2.22 bits per heavy atom. The van der Waals surface area contributed by atoms with Gasteiger partial charge < -0.3 is 10.1 Å². The summed E-state index contributed by atoms with van der Waals surface area (Å²) in [5, 5.41) is 3.79. The minimum Gasteiger partial charge on any atom is -0.385 e. The summed E-state index contributed by atoms with van der Waals surface area (Å²) in [7, 11) is 1.67. The van der Waals surface area contributed by atoms with Crippen LogP contribution in [0.4, 0.5) is 0 Å². The number of aliphatic imine (C=N–C) groups is 1. The maximum absolute atomic E-state index is 6.04. The van der Waals surface area contributed by atoms with Gasteiger partial charge in [-0.15, -0.1) is 0 Å². The molecule has 0 aliphatic heterocycles. The van der Waals surface area contributed by atoms with Crippen molar-refractivity contribution in [3.05, 3.63) is 34.9 Å². The van der Waals surface area contributed by atoms with Gasteiger partial charge in [-0.05, 0) is 18.1 Å². The molecule has 0 saturated carbocycles. The van der Waals surface area contributed by atoms with Gasteiger partial charge in [0.2, 0.25) is 5.96 Å². The number of methoxy groups -OCH3 is 1. The highest BCUT2D eigenvalue weighted by atomic mass is 35.5. The van der Waals surface area contributed by atoms with Crippen molar-refractivity contribution < 1.29 is 4.74 Å². The molecule has 1 rings (SSSR count). The van der Waals surface area contributed by atoms with E-state index >= 15 is 0 Å². The van der Waals surface area contributed by atoms with Crippen LogP contribution in [0.15, 0.2) is 29.3 Å². The van der Waals surface area contributed by atoms with Crippen LogP contribution in [0.1, 0.15) is 12.0 Å². The summed E-state index contributed by atoms with van der Waals surface area (Å²) in [4.78, 5) is 4.32. The molecule has 0 aliphatic rings. The summed E-state index contributed by atoms with van der Waals surface area (Å²) >= 11 is 6.04. The van der Waals surface area contributed by atoms with Crippen LogP contribution < -0.4 is 16.6 Å². The molecular weight excluding hydrogens is 252 g/mol. The molecule has 0 saturated heterocycles. The number of guanidine groups is 1. The first-order valence-corrected chi connectivity index (χ1v) is 6.13. The third kappa shape index (κ3) is 5.35. The number of benzene rings is 1. The van der Waals surface area contributed by atoms with Gasteiger partial charge in [0.1, 0.15) is 0 Å². The predicted molar refractivity (Wildman–Crippen MR) is 74.4 cm³/mol. The minimum absolute atomic E-state index is 0.483. The lowest BCUT2D eigenvalue weighted by Gasteiger charge is -2.09. The van der Waals surface area contributed by atoms with Crippen molar-refractivity contribution >= 4 is 17.6 Å². The number of halogens is 1. The summed E-state index contributed by atoms with van der Waals surface area (Å²) in [6.07, 6.45) is 0.892. The Hall–Kier alpha value is -1.30. The largest absolute Gasteiger partial charge is 0.385 e. The van der Waals surface area contributed by atoms with Crippen molar-refractivity contribution in [2.75, 3.05) is 20.3 Å². The molecule has 1 aromatic carbocycles. The standard InChI is InChI=1S/C12H19ClN4O/c1-18-8-4-7-15-12(17-14)16-9-10-5-2-3-6-11(10)13/h2-3,5-6H,4,7-9,14H2,1H3,(H2,15,16,17). The Bertz CT molecular complexity index is 384. The van der Waals surface area contributed by atoms with Crippen LogP contribution in [0.25, 0.3) is 0 Å². The average molecular weight is 271 g/mol. The fraction of sp³-hybridized carbons (Fsp3) is 0.417. The predicted octanol–water partition coefficient (Wildman–Crippen LogP) is 1.29. The highest BCUT2D eigenvalue weighted by Gasteiger charge is 1.99. The Kier molecular flexibility index (Phi) is 7.17. The van der Waals surface area contributed by atoms with Crippen LogP contribution in [0, 0.1) is 0 Å². The third-order valence-electron chi connectivity index (χ3n) is 2.32. The van der Waals surface area contributed by atoms with E-state index < -0.39 is 0 Å². The van der Waals surface area contributed by atoms with Crippen LogP contribution >= 0.6 is 11.6 Å². The molecule has 4 N–H and O–H groups in total. The van der Waals surface area contributed by atoms with Crippen LogP contribution in [-0.4, -0.2) is 26.2 Å². The van der Waals surface area contributed by atoms with Crippen molar-refractivity contribution in [3.63, 3.8) is 0 Å². The van der Waals surface area contributed by atoms with Crippen LogP contribution in [0.2, 0.25) is 5.02 Å². The fourth-order valence-corrected chi connectivity index (χ4v) is 1.56. The van der Waals surface area contributed by atoms with Crippen molar-refractivity contribution in [1.82, 2.24) is 10.7 Å². The Balaban J connectivity index is 2.45. The van der Waals surface area contributed by atoms with Crippen LogP contribution in [-0.2, 0) is 11.3 Å². The SMILES string of the molecule is COCCCNC(=NCc1ccccc1Cl)NN. The second kappa shape index (κ2) is 8.74. The number of hydrogen-bond acceptors (Lipinski definition) is 3. The normalized spacial score (nSPS) is 11.4. The average Bonchev–Trinajstić information content (AvgIpc) is 2.40. The molecule has 0 unspecified atom stereocenters. The molecule has 0 spiro atoms. The Morgan fingerprint density at radius 1 is 1.44 bits per heavy atom. The van der Waals surface area contributed by atoms with E-state index in [9.17, 15) is 0 Å². The van der Waals surface area contributed by atoms with Crippen molar-refractivity contribution in [1.29, 1.82) is 0 Å². The van der Waals surface area contributed by atoms with Gasteiger partial charge in [0, 0.05) is 25.3 Å². The smallest absolute Gasteiger partial charge is 0.206 e. The van der Waals surface area contributed by atoms with E-state index in [4.69, 9.17) is 22.2 Å². The molecule has 0 radical (unpaired) electrons. The molecule has 0 fully saturated rings. The van der Waals surface area contributed by atoms with Gasteiger partial charge in [0.25, 0.3) is 0 Å². The second-order valence-electron chi connectivity index (χ2n) is 3.67. The van der Waals surface area contributed by atoms with E-state index in [0.29, 0.717) is 24.1 Å². The molecule has 0 bridgehead atoms. The maximum Gasteiger partial charge on any atom is 0.206 e. The molecule has 6 heteroatoms. The zero-order valence-corrected chi connectivity index (χ0v) is 11.2.